The van der Waals surface area contributed by atoms with E-state index in [-0.39, 0.29) is 17.2 Å². The number of carbonyl (C=O) groups is 2. The Kier molecular flexibility index (Phi) is 4.24. The molecule has 1 heterocycles. The fraction of sp³-hybridized carbons (Fsp3) is 0.667. The van der Waals surface area contributed by atoms with Crippen LogP contribution in [0.1, 0.15) is 27.2 Å². The number of ether oxygens (including phenoxy) is 1. The SMILES string of the molecule is CC(C)(C)CCOCCN1C(=O)C=CC1=O. The Labute approximate surface area is 96.3 Å². The van der Waals surface area contributed by atoms with Gasteiger partial charge in [-0.15, -0.1) is 0 Å². The number of hydrogen-bond acceptors (Lipinski definition) is 3. The molecule has 0 fully saturated rings. The summed E-state index contributed by atoms with van der Waals surface area (Å²) < 4.78 is 5.39. The number of amides is 2. The normalized spacial score (nSPS) is 16.3. The average molecular weight is 225 g/mol. The van der Waals surface area contributed by atoms with Crippen LogP contribution in [0, 0.1) is 5.41 Å². The summed E-state index contributed by atoms with van der Waals surface area (Å²) in [5.41, 5.74) is 0.251. The highest BCUT2D eigenvalue weighted by Crippen LogP contribution is 2.17. The van der Waals surface area contributed by atoms with E-state index in [1.54, 1.807) is 0 Å². The quantitative estimate of drug-likeness (QED) is 0.524. The maximum absolute atomic E-state index is 11.2. The first kappa shape index (κ1) is 12.9. The number of nitrogens with zero attached hydrogens (tertiary/aromatic N) is 1. The van der Waals surface area contributed by atoms with Crippen LogP contribution < -0.4 is 0 Å². The van der Waals surface area contributed by atoms with Crippen molar-refractivity contribution in [2.45, 2.75) is 27.2 Å². The second-order valence-corrected chi connectivity index (χ2v) is 5.08. The molecule has 16 heavy (non-hydrogen) atoms. The third-order valence-electron chi connectivity index (χ3n) is 2.36. The lowest BCUT2D eigenvalue weighted by molar-refractivity contribution is -0.137. The summed E-state index contributed by atoms with van der Waals surface area (Å²) in [5, 5.41) is 0. The molecule has 0 saturated carbocycles. The van der Waals surface area contributed by atoms with E-state index in [9.17, 15) is 9.59 Å². The van der Waals surface area contributed by atoms with Crippen LogP contribution in [-0.4, -0.2) is 36.5 Å². The molecular formula is C12H19NO3. The summed E-state index contributed by atoms with van der Waals surface area (Å²) >= 11 is 0. The molecule has 0 bridgehead atoms. The van der Waals surface area contributed by atoms with Crippen molar-refractivity contribution in [3.8, 4) is 0 Å². The molecule has 4 nitrogen and oxygen atoms in total. The minimum atomic E-state index is -0.246. The van der Waals surface area contributed by atoms with E-state index in [1.165, 1.54) is 17.1 Å². The number of imide groups is 1. The van der Waals surface area contributed by atoms with Crippen LogP contribution in [0.5, 0.6) is 0 Å². The third-order valence-corrected chi connectivity index (χ3v) is 2.36. The summed E-state index contributed by atoms with van der Waals surface area (Å²) in [6, 6.07) is 0. The summed E-state index contributed by atoms with van der Waals surface area (Å²) in [5.74, 6) is -0.492. The smallest absolute Gasteiger partial charge is 0.253 e. The number of carbonyl (C=O) groups excluding carboxylic acids is 2. The van der Waals surface area contributed by atoms with Crippen molar-refractivity contribution in [2.24, 2.45) is 5.41 Å². The molecule has 0 aromatic carbocycles. The predicted molar refractivity (Wildman–Crippen MR) is 60.8 cm³/mol. The lowest BCUT2D eigenvalue weighted by atomic mass is 9.93. The highest BCUT2D eigenvalue weighted by Gasteiger charge is 2.22. The van der Waals surface area contributed by atoms with Gasteiger partial charge < -0.3 is 4.74 Å². The molecule has 0 aromatic heterocycles. The van der Waals surface area contributed by atoms with Crippen molar-refractivity contribution in [3.05, 3.63) is 12.2 Å². The Hall–Kier alpha value is -1.16. The van der Waals surface area contributed by atoms with Gasteiger partial charge in [0.2, 0.25) is 0 Å². The van der Waals surface area contributed by atoms with E-state index in [4.69, 9.17) is 4.74 Å². The average Bonchev–Trinajstić information content (AvgIpc) is 2.46. The third kappa shape index (κ3) is 4.14. The lowest BCUT2D eigenvalue weighted by Crippen LogP contribution is -2.33. The van der Waals surface area contributed by atoms with Crippen LogP contribution >= 0.6 is 0 Å². The van der Waals surface area contributed by atoms with Crippen LogP contribution in [0.2, 0.25) is 0 Å². The molecule has 0 N–H and O–H groups in total. The van der Waals surface area contributed by atoms with Crippen LogP contribution in [0.15, 0.2) is 12.2 Å². The van der Waals surface area contributed by atoms with E-state index in [2.05, 4.69) is 20.8 Å². The number of hydrogen-bond donors (Lipinski definition) is 0. The molecule has 0 aliphatic carbocycles. The fourth-order valence-electron chi connectivity index (χ4n) is 1.29. The van der Waals surface area contributed by atoms with Crippen LogP contribution in [0.25, 0.3) is 0 Å². The van der Waals surface area contributed by atoms with Gasteiger partial charge in [-0.1, -0.05) is 20.8 Å². The molecular weight excluding hydrogens is 206 g/mol. The zero-order chi connectivity index (χ0) is 12.2. The molecule has 1 aliphatic heterocycles. The first-order valence-electron chi connectivity index (χ1n) is 5.51. The fourth-order valence-corrected chi connectivity index (χ4v) is 1.29. The van der Waals surface area contributed by atoms with Gasteiger partial charge in [-0.2, -0.15) is 0 Å². The number of rotatable bonds is 5. The summed E-state index contributed by atoms with van der Waals surface area (Å²) in [6.07, 6.45) is 3.54. The molecule has 1 rings (SSSR count). The van der Waals surface area contributed by atoms with E-state index in [0.29, 0.717) is 19.8 Å². The van der Waals surface area contributed by atoms with Crippen molar-refractivity contribution in [2.75, 3.05) is 19.8 Å². The molecule has 1 aliphatic rings. The Morgan fingerprint density at radius 2 is 1.69 bits per heavy atom. The van der Waals surface area contributed by atoms with Crippen molar-refractivity contribution in [1.29, 1.82) is 0 Å². The lowest BCUT2D eigenvalue weighted by Gasteiger charge is -2.18. The summed E-state index contributed by atoms with van der Waals surface area (Å²) in [6.45, 7) is 7.85. The van der Waals surface area contributed by atoms with E-state index in [0.717, 1.165) is 6.42 Å². The van der Waals surface area contributed by atoms with Gasteiger partial charge in [-0.25, -0.2) is 0 Å². The molecule has 2 amide bonds. The molecule has 0 aromatic rings. The molecule has 0 unspecified atom stereocenters. The molecule has 0 atom stereocenters. The van der Waals surface area contributed by atoms with Gasteiger partial charge in [0.15, 0.2) is 0 Å². The largest absolute Gasteiger partial charge is 0.380 e. The molecule has 0 saturated heterocycles. The predicted octanol–water partition coefficient (Wildman–Crippen LogP) is 1.36. The van der Waals surface area contributed by atoms with E-state index in [1.807, 2.05) is 0 Å². The first-order chi connectivity index (χ1) is 7.40. The van der Waals surface area contributed by atoms with Gasteiger partial charge in [0.05, 0.1) is 13.2 Å². The topological polar surface area (TPSA) is 46.6 Å². The van der Waals surface area contributed by atoms with Gasteiger partial charge in [-0.3, -0.25) is 14.5 Å². The van der Waals surface area contributed by atoms with Gasteiger partial charge in [-0.05, 0) is 11.8 Å². The highest BCUT2D eigenvalue weighted by molar-refractivity contribution is 6.12. The van der Waals surface area contributed by atoms with E-state index < -0.39 is 0 Å². The Morgan fingerprint density at radius 3 is 2.19 bits per heavy atom. The second kappa shape index (κ2) is 5.25. The maximum Gasteiger partial charge on any atom is 0.253 e. The van der Waals surface area contributed by atoms with Crippen LogP contribution in [-0.2, 0) is 14.3 Å². The van der Waals surface area contributed by atoms with Crippen LogP contribution in [0.4, 0.5) is 0 Å². The Bertz CT molecular complexity index is 284. The zero-order valence-electron chi connectivity index (χ0n) is 10.2. The monoisotopic (exact) mass is 225 g/mol. The summed E-state index contributed by atoms with van der Waals surface area (Å²) in [4.78, 5) is 23.5. The maximum atomic E-state index is 11.2. The first-order valence-corrected chi connectivity index (χ1v) is 5.51. The second-order valence-electron chi connectivity index (χ2n) is 5.08. The Morgan fingerprint density at radius 1 is 1.12 bits per heavy atom. The summed E-state index contributed by atoms with van der Waals surface area (Å²) in [7, 11) is 0. The van der Waals surface area contributed by atoms with Gasteiger partial charge in [0.1, 0.15) is 0 Å². The minimum absolute atomic E-state index is 0.246. The van der Waals surface area contributed by atoms with Crippen molar-refractivity contribution < 1.29 is 14.3 Å². The van der Waals surface area contributed by atoms with Crippen molar-refractivity contribution in [3.63, 3.8) is 0 Å². The van der Waals surface area contributed by atoms with Gasteiger partial charge in [0.25, 0.3) is 11.8 Å². The molecule has 0 radical (unpaired) electrons. The zero-order valence-corrected chi connectivity index (χ0v) is 10.2. The molecule has 90 valence electrons. The van der Waals surface area contributed by atoms with Crippen molar-refractivity contribution in [1.82, 2.24) is 4.90 Å². The van der Waals surface area contributed by atoms with E-state index >= 15 is 0 Å². The van der Waals surface area contributed by atoms with Gasteiger partial charge >= 0.3 is 0 Å². The standard InChI is InChI=1S/C12H19NO3/c1-12(2,3)6-8-16-9-7-13-10(14)4-5-11(13)15/h4-5H,6-9H2,1-3H3. The minimum Gasteiger partial charge on any atom is -0.380 e. The Balaban J connectivity index is 2.13. The van der Waals surface area contributed by atoms with Crippen LogP contribution in [0.3, 0.4) is 0 Å². The van der Waals surface area contributed by atoms with Gasteiger partial charge in [0, 0.05) is 18.8 Å². The highest BCUT2D eigenvalue weighted by atomic mass is 16.5. The molecule has 4 heteroatoms. The molecule has 0 spiro atoms. The van der Waals surface area contributed by atoms with Crippen molar-refractivity contribution >= 4 is 11.8 Å².